The monoisotopic (exact) mass is 398 g/mol. The number of nitrogens with one attached hydrogen (secondary N) is 2. The van der Waals surface area contributed by atoms with Crippen LogP contribution >= 0.6 is 0 Å². The summed E-state index contributed by atoms with van der Waals surface area (Å²) >= 11 is 0. The van der Waals surface area contributed by atoms with Gasteiger partial charge in [0.05, 0.1) is 13.0 Å². The average Bonchev–Trinajstić information content (AvgIpc) is 2.63. The molecular formula is C19H18F4N2O3. The van der Waals surface area contributed by atoms with Crippen molar-refractivity contribution in [3.05, 3.63) is 66.0 Å². The lowest BCUT2D eigenvalue weighted by atomic mass is 10.1. The summed E-state index contributed by atoms with van der Waals surface area (Å²) < 4.78 is 59.5. The highest BCUT2D eigenvalue weighted by molar-refractivity contribution is 5.92. The Morgan fingerprint density at radius 1 is 1.00 bits per heavy atom. The number of rotatable bonds is 7. The zero-order valence-electron chi connectivity index (χ0n) is 14.8. The molecule has 1 amide bonds. The standard InChI is InChI=1S/C19H18F4N2O3/c1-2-28-17(27)18(19(21,22)23,24-15-10-8-14(20)9-11-15)25-16(26)12-13-6-4-3-5-7-13/h3-11,24H,2,12H2,1H3,(H,25,26)/t18-/m0/s1. The topological polar surface area (TPSA) is 67.4 Å². The summed E-state index contributed by atoms with van der Waals surface area (Å²) in [6.07, 6.45) is -5.64. The largest absolute Gasteiger partial charge is 0.463 e. The van der Waals surface area contributed by atoms with Crippen molar-refractivity contribution >= 4 is 17.6 Å². The summed E-state index contributed by atoms with van der Waals surface area (Å²) in [5.74, 6) is -3.45. The van der Waals surface area contributed by atoms with Crippen LogP contribution < -0.4 is 10.6 Å². The fourth-order valence-corrected chi connectivity index (χ4v) is 2.41. The molecule has 5 nitrogen and oxygen atoms in total. The molecule has 0 bridgehead atoms. The van der Waals surface area contributed by atoms with Crippen molar-refractivity contribution in [1.29, 1.82) is 0 Å². The van der Waals surface area contributed by atoms with Crippen molar-refractivity contribution in [2.24, 2.45) is 0 Å². The molecule has 0 unspecified atom stereocenters. The molecule has 0 aliphatic carbocycles. The van der Waals surface area contributed by atoms with Gasteiger partial charge in [-0.2, -0.15) is 13.2 Å². The van der Waals surface area contributed by atoms with Gasteiger partial charge in [0, 0.05) is 5.69 Å². The number of anilines is 1. The van der Waals surface area contributed by atoms with Gasteiger partial charge in [-0.1, -0.05) is 30.3 Å². The summed E-state index contributed by atoms with van der Waals surface area (Å²) in [5.41, 5.74) is -3.30. The second-order valence-corrected chi connectivity index (χ2v) is 5.81. The van der Waals surface area contributed by atoms with Crippen LogP contribution in [0.3, 0.4) is 0 Å². The number of alkyl halides is 3. The van der Waals surface area contributed by atoms with E-state index in [0.717, 1.165) is 24.3 Å². The van der Waals surface area contributed by atoms with E-state index >= 15 is 0 Å². The van der Waals surface area contributed by atoms with Crippen LogP contribution in [0.25, 0.3) is 0 Å². The van der Waals surface area contributed by atoms with Crippen molar-refractivity contribution < 1.29 is 31.9 Å². The number of halogens is 4. The van der Waals surface area contributed by atoms with Crippen LogP contribution in [0, 0.1) is 5.82 Å². The third-order valence-corrected chi connectivity index (χ3v) is 3.72. The number of benzene rings is 2. The smallest absolute Gasteiger partial charge is 0.441 e. The molecule has 28 heavy (non-hydrogen) atoms. The van der Waals surface area contributed by atoms with Crippen molar-refractivity contribution in [1.82, 2.24) is 5.32 Å². The van der Waals surface area contributed by atoms with Gasteiger partial charge in [0.1, 0.15) is 5.82 Å². The van der Waals surface area contributed by atoms with Crippen molar-refractivity contribution in [3.63, 3.8) is 0 Å². The fraction of sp³-hybridized carbons (Fsp3) is 0.263. The molecular weight excluding hydrogens is 380 g/mol. The van der Waals surface area contributed by atoms with Crippen molar-refractivity contribution in [3.8, 4) is 0 Å². The maximum atomic E-state index is 14.0. The SMILES string of the molecule is CCOC(=O)[C@@](NC(=O)Cc1ccccc1)(Nc1ccc(F)cc1)C(F)(F)F. The van der Waals surface area contributed by atoms with E-state index in [1.54, 1.807) is 35.6 Å². The Kier molecular flexibility index (Phi) is 6.61. The van der Waals surface area contributed by atoms with Gasteiger partial charge < -0.3 is 15.4 Å². The number of esters is 1. The lowest BCUT2D eigenvalue weighted by Crippen LogP contribution is -2.69. The summed E-state index contributed by atoms with van der Waals surface area (Å²) in [4.78, 5) is 24.6. The molecule has 0 spiro atoms. The molecule has 1 atom stereocenters. The molecule has 2 rings (SSSR count). The molecule has 0 aromatic heterocycles. The van der Waals surface area contributed by atoms with Gasteiger partial charge in [-0.25, -0.2) is 9.18 Å². The minimum atomic E-state index is -5.25. The van der Waals surface area contributed by atoms with E-state index in [9.17, 15) is 27.2 Å². The fourth-order valence-electron chi connectivity index (χ4n) is 2.41. The molecule has 0 fully saturated rings. The van der Waals surface area contributed by atoms with Crippen LogP contribution in [0.1, 0.15) is 12.5 Å². The predicted molar refractivity (Wildman–Crippen MR) is 93.7 cm³/mol. The highest BCUT2D eigenvalue weighted by atomic mass is 19.4. The molecule has 0 radical (unpaired) electrons. The summed E-state index contributed by atoms with van der Waals surface area (Å²) in [6.45, 7) is 0.999. The van der Waals surface area contributed by atoms with E-state index in [1.807, 2.05) is 5.32 Å². The first kappa shape index (κ1) is 21.2. The molecule has 2 N–H and O–H groups in total. The Labute approximate surface area is 158 Å². The zero-order chi connectivity index (χ0) is 20.8. The normalized spacial score (nSPS) is 13.3. The number of hydrogen-bond donors (Lipinski definition) is 2. The van der Waals surface area contributed by atoms with Crippen LogP contribution in [0.2, 0.25) is 0 Å². The molecule has 0 saturated heterocycles. The first-order chi connectivity index (χ1) is 13.2. The Morgan fingerprint density at radius 3 is 2.14 bits per heavy atom. The minimum absolute atomic E-state index is 0.230. The molecule has 0 aliphatic rings. The van der Waals surface area contributed by atoms with Gasteiger partial charge in [0.15, 0.2) is 0 Å². The molecule has 2 aromatic carbocycles. The van der Waals surface area contributed by atoms with Gasteiger partial charge in [-0.15, -0.1) is 0 Å². The maximum Gasteiger partial charge on any atom is 0.441 e. The molecule has 150 valence electrons. The third kappa shape index (κ3) is 4.99. The lowest BCUT2D eigenvalue weighted by Gasteiger charge is -2.35. The number of amides is 1. The van der Waals surface area contributed by atoms with E-state index in [-0.39, 0.29) is 18.7 Å². The third-order valence-electron chi connectivity index (χ3n) is 3.72. The summed E-state index contributed by atoms with van der Waals surface area (Å²) in [6, 6.07) is 11.9. The quantitative estimate of drug-likeness (QED) is 0.426. The van der Waals surface area contributed by atoms with Crippen molar-refractivity contribution in [2.45, 2.75) is 25.2 Å². The Hall–Kier alpha value is -3.10. The van der Waals surface area contributed by atoms with Gasteiger partial charge in [-0.05, 0) is 36.8 Å². The van der Waals surface area contributed by atoms with E-state index in [2.05, 4.69) is 4.74 Å². The van der Waals surface area contributed by atoms with E-state index < -0.39 is 29.5 Å². The summed E-state index contributed by atoms with van der Waals surface area (Å²) in [7, 11) is 0. The maximum absolute atomic E-state index is 14.0. The summed E-state index contributed by atoms with van der Waals surface area (Å²) in [5, 5.41) is 3.69. The first-order valence-corrected chi connectivity index (χ1v) is 8.30. The second kappa shape index (κ2) is 8.73. The van der Waals surface area contributed by atoms with Crippen LogP contribution in [0.15, 0.2) is 54.6 Å². The van der Waals surface area contributed by atoms with E-state index in [4.69, 9.17) is 0 Å². The Morgan fingerprint density at radius 2 is 1.61 bits per heavy atom. The highest BCUT2D eigenvalue weighted by Gasteiger charge is 2.63. The molecule has 0 saturated carbocycles. The highest BCUT2D eigenvalue weighted by Crippen LogP contribution is 2.33. The number of carbonyl (C=O) groups excluding carboxylic acids is 2. The van der Waals surface area contributed by atoms with Gasteiger partial charge in [0.25, 0.3) is 0 Å². The predicted octanol–water partition coefficient (Wildman–Crippen LogP) is 3.42. The number of ether oxygens (including phenoxy) is 1. The van der Waals surface area contributed by atoms with Crippen LogP contribution in [-0.4, -0.2) is 30.3 Å². The number of hydrogen-bond acceptors (Lipinski definition) is 4. The first-order valence-electron chi connectivity index (χ1n) is 8.30. The van der Waals surface area contributed by atoms with Gasteiger partial charge in [0.2, 0.25) is 5.91 Å². The molecule has 0 aliphatic heterocycles. The van der Waals surface area contributed by atoms with E-state index in [0.29, 0.717) is 5.56 Å². The lowest BCUT2D eigenvalue weighted by molar-refractivity contribution is -0.207. The number of carbonyl (C=O) groups is 2. The van der Waals surface area contributed by atoms with Gasteiger partial charge in [-0.3, -0.25) is 4.79 Å². The average molecular weight is 398 g/mol. The molecule has 9 heteroatoms. The second-order valence-electron chi connectivity index (χ2n) is 5.81. The molecule has 0 heterocycles. The van der Waals surface area contributed by atoms with Gasteiger partial charge >= 0.3 is 17.8 Å². The molecule has 2 aromatic rings. The Bertz CT molecular complexity index is 810. The van der Waals surface area contributed by atoms with Crippen LogP contribution in [0.5, 0.6) is 0 Å². The van der Waals surface area contributed by atoms with Crippen LogP contribution in [-0.2, 0) is 20.7 Å². The van der Waals surface area contributed by atoms with Crippen LogP contribution in [0.4, 0.5) is 23.2 Å². The minimum Gasteiger partial charge on any atom is -0.463 e. The zero-order valence-corrected chi connectivity index (χ0v) is 14.8. The van der Waals surface area contributed by atoms with E-state index in [1.165, 1.54) is 6.92 Å². The Balaban J connectivity index is 2.38. The van der Waals surface area contributed by atoms with Crippen molar-refractivity contribution in [2.75, 3.05) is 11.9 Å².